The first-order chi connectivity index (χ1) is 13.3. The van der Waals surface area contributed by atoms with Crippen LogP contribution in [-0.2, 0) is 16.6 Å². The zero-order valence-corrected chi connectivity index (χ0v) is 17.4. The van der Waals surface area contributed by atoms with E-state index in [1.54, 1.807) is 18.2 Å². The fourth-order valence-corrected chi connectivity index (χ4v) is 4.58. The second kappa shape index (κ2) is 8.12. The lowest BCUT2D eigenvalue weighted by atomic mass is 10.1. The number of benzene rings is 3. The Bertz CT molecular complexity index is 1120. The van der Waals surface area contributed by atoms with Crippen molar-refractivity contribution in [2.75, 3.05) is 4.31 Å². The molecule has 8 heteroatoms. The lowest BCUT2D eigenvalue weighted by Crippen LogP contribution is -2.30. The van der Waals surface area contributed by atoms with Crippen molar-refractivity contribution >= 4 is 37.3 Å². The van der Waals surface area contributed by atoms with Crippen molar-refractivity contribution in [3.63, 3.8) is 0 Å². The van der Waals surface area contributed by atoms with Crippen molar-refractivity contribution in [2.24, 2.45) is 0 Å². The zero-order valence-electron chi connectivity index (χ0n) is 14.9. The number of hydrogen-bond donors (Lipinski definition) is 0. The summed E-state index contributed by atoms with van der Waals surface area (Å²) >= 11 is 3.38. The fourth-order valence-electron chi connectivity index (χ4n) is 2.76. The molecular weight excluding hydrogens is 444 g/mol. The molecule has 0 fully saturated rings. The third kappa shape index (κ3) is 4.23. The van der Waals surface area contributed by atoms with Crippen LogP contribution in [0.2, 0.25) is 0 Å². The largest absolute Gasteiger partial charge is 0.269 e. The first-order valence-electron chi connectivity index (χ1n) is 8.36. The van der Waals surface area contributed by atoms with Gasteiger partial charge < -0.3 is 0 Å². The molecule has 0 aliphatic rings. The van der Waals surface area contributed by atoms with Gasteiger partial charge in [0.2, 0.25) is 0 Å². The highest BCUT2D eigenvalue weighted by molar-refractivity contribution is 9.10. The van der Waals surface area contributed by atoms with Crippen molar-refractivity contribution in [3.05, 3.63) is 98.5 Å². The molecule has 0 aliphatic heterocycles. The second-order valence-electron chi connectivity index (χ2n) is 6.17. The van der Waals surface area contributed by atoms with E-state index in [1.807, 2.05) is 37.3 Å². The summed E-state index contributed by atoms with van der Waals surface area (Å²) < 4.78 is 28.8. The van der Waals surface area contributed by atoms with E-state index in [0.717, 1.165) is 15.6 Å². The van der Waals surface area contributed by atoms with Gasteiger partial charge in [0, 0.05) is 16.6 Å². The summed E-state index contributed by atoms with van der Waals surface area (Å²) in [5.74, 6) is 0. The Labute approximate surface area is 171 Å². The van der Waals surface area contributed by atoms with Crippen LogP contribution < -0.4 is 4.31 Å². The zero-order chi connectivity index (χ0) is 20.3. The molecule has 0 aromatic heterocycles. The van der Waals surface area contributed by atoms with E-state index in [0.29, 0.717) is 5.69 Å². The SMILES string of the molecule is Cc1ccccc1CN(c1cccc(Br)c1)S(=O)(=O)c1ccc([N+](=O)[O-])cc1. The number of non-ortho nitro benzene ring substituents is 1. The average molecular weight is 461 g/mol. The molecule has 0 amide bonds. The lowest BCUT2D eigenvalue weighted by molar-refractivity contribution is -0.384. The van der Waals surface area contributed by atoms with E-state index in [9.17, 15) is 18.5 Å². The molecule has 0 unspecified atom stereocenters. The van der Waals surface area contributed by atoms with Crippen molar-refractivity contribution < 1.29 is 13.3 Å². The predicted molar refractivity (Wildman–Crippen MR) is 112 cm³/mol. The molecule has 3 aromatic carbocycles. The minimum Gasteiger partial charge on any atom is -0.262 e. The van der Waals surface area contributed by atoms with E-state index in [2.05, 4.69) is 15.9 Å². The van der Waals surface area contributed by atoms with Gasteiger partial charge in [-0.15, -0.1) is 0 Å². The van der Waals surface area contributed by atoms with Gasteiger partial charge in [-0.2, -0.15) is 0 Å². The summed E-state index contributed by atoms with van der Waals surface area (Å²) in [7, 11) is -3.94. The normalized spacial score (nSPS) is 11.2. The molecule has 0 atom stereocenters. The third-order valence-corrected chi connectivity index (χ3v) is 6.59. The highest BCUT2D eigenvalue weighted by Crippen LogP contribution is 2.29. The molecule has 6 nitrogen and oxygen atoms in total. The van der Waals surface area contributed by atoms with E-state index in [4.69, 9.17) is 0 Å². The number of anilines is 1. The monoisotopic (exact) mass is 460 g/mol. The molecular formula is C20H17BrN2O4S. The molecule has 28 heavy (non-hydrogen) atoms. The molecule has 0 saturated heterocycles. The fraction of sp³-hybridized carbons (Fsp3) is 0.100. The predicted octanol–water partition coefficient (Wildman–Crippen LogP) is 5.06. The molecule has 0 spiro atoms. The van der Waals surface area contributed by atoms with Crippen LogP contribution in [0.3, 0.4) is 0 Å². The minimum atomic E-state index is -3.94. The van der Waals surface area contributed by atoms with Gasteiger partial charge in [-0.1, -0.05) is 46.3 Å². The number of nitro benzene ring substituents is 1. The summed E-state index contributed by atoms with van der Waals surface area (Å²) in [6.07, 6.45) is 0. The summed E-state index contributed by atoms with van der Waals surface area (Å²) in [6, 6.07) is 19.5. The second-order valence-corrected chi connectivity index (χ2v) is 8.95. The Kier molecular flexibility index (Phi) is 5.81. The van der Waals surface area contributed by atoms with Crippen LogP contribution in [0.5, 0.6) is 0 Å². The van der Waals surface area contributed by atoms with Gasteiger partial charge in [0.05, 0.1) is 22.1 Å². The van der Waals surface area contributed by atoms with Crippen LogP contribution in [0.25, 0.3) is 0 Å². The summed E-state index contributed by atoms with van der Waals surface area (Å²) in [4.78, 5) is 10.3. The van der Waals surface area contributed by atoms with E-state index < -0.39 is 14.9 Å². The Balaban J connectivity index is 2.09. The van der Waals surface area contributed by atoms with Crippen molar-refractivity contribution in [2.45, 2.75) is 18.4 Å². The Morgan fingerprint density at radius 1 is 1.00 bits per heavy atom. The van der Waals surface area contributed by atoms with E-state index in [1.165, 1.54) is 28.6 Å². The van der Waals surface area contributed by atoms with Crippen LogP contribution in [0, 0.1) is 17.0 Å². The number of hydrogen-bond acceptors (Lipinski definition) is 4. The summed E-state index contributed by atoms with van der Waals surface area (Å²) in [5, 5.41) is 10.9. The first kappa shape index (κ1) is 20.0. The van der Waals surface area contributed by atoms with E-state index in [-0.39, 0.29) is 17.1 Å². The van der Waals surface area contributed by atoms with Crippen LogP contribution >= 0.6 is 15.9 Å². The van der Waals surface area contributed by atoms with Crippen molar-refractivity contribution in [3.8, 4) is 0 Å². The Morgan fingerprint density at radius 3 is 2.29 bits per heavy atom. The van der Waals surface area contributed by atoms with Crippen LogP contribution in [0.15, 0.2) is 82.2 Å². The standard InChI is InChI=1S/C20H17BrN2O4S/c1-15-5-2-3-6-16(15)14-22(19-8-4-7-17(21)13-19)28(26,27)20-11-9-18(10-12-20)23(24)25/h2-13H,14H2,1H3. The number of rotatable bonds is 6. The first-order valence-corrected chi connectivity index (χ1v) is 10.6. The van der Waals surface area contributed by atoms with Crippen molar-refractivity contribution in [1.29, 1.82) is 0 Å². The molecule has 0 bridgehead atoms. The highest BCUT2D eigenvalue weighted by atomic mass is 79.9. The molecule has 0 saturated carbocycles. The molecule has 144 valence electrons. The number of nitro groups is 1. The number of nitrogens with zero attached hydrogens (tertiary/aromatic N) is 2. The average Bonchev–Trinajstić information content (AvgIpc) is 2.67. The minimum absolute atomic E-state index is 0.00772. The lowest BCUT2D eigenvalue weighted by Gasteiger charge is -2.25. The molecule has 0 N–H and O–H groups in total. The van der Waals surface area contributed by atoms with Gasteiger partial charge >= 0.3 is 0 Å². The molecule has 0 aliphatic carbocycles. The van der Waals surface area contributed by atoms with Crippen LogP contribution in [0.1, 0.15) is 11.1 Å². The highest BCUT2D eigenvalue weighted by Gasteiger charge is 2.26. The maximum Gasteiger partial charge on any atom is 0.269 e. The van der Waals surface area contributed by atoms with Crippen molar-refractivity contribution in [1.82, 2.24) is 0 Å². The molecule has 3 rings (SSSR count). The summed E-state index contributed by atoms with van der Waals surface area (Å²) in [6.45, 7) is 2.06. The van der Waals surface area contributed by atoms with Gasteiger partial charge in [-0.3, -0.25) is 14.4 Å². The van der Waals surface area contributed by atoms with Gasteiger partial charge in [0.25, 0.3) is 15.7 Å². The Morgan fingerprint density at radius 2 is 1.68 bits per heavy atom. The smallest absolute Gasteiger partial charge is 0.262 e. The van der Waals surface area contributed by atoms with Gasteiger partial charge in [0.15, 0.2) is 0 Å². The van der Waals surface area contributed by atoms with Crippen LogP contribution in [-0.4, -0.2) is 13.3 Å². The number of halogens is 1. The maximum absolute atomic E-state index is 13.4. The number of aryl methyl sites for hydroxylation is 1. The van der Waals surface area contributed by atoms with Gasteiger partial charge in [0.1, 0.15) is 0 Å². The van der Waals surface area contributed by atoms with Crippen LogP contribution in [0.4, 0.5) is 11.4 Å². The number of sulfonamides is 1. The molecule has 0 heterocycles. The molecule has 0 radical (unpaired) electrons. The molecule has 3 aromatic rings. The summed E-state index contributed by atoms with van der Waals surface area (Å²) in [5.41, 5.74) is 2.18. The van der Waals surface area contributed by atoms with Gasteiger partial charge in [-0.05, 0) is 48.4 Å². The quantitative estimate of drug-likeness (QED) is 0.380. The topological polar surface area (TPSA) is 80.5 Å². The van der Waals surface area contributed by atoms with E-state index >= 15 is 0 Å². The maximum atomic E-state index is 13.4. The Hall–Kier alpha value is -2.71. The third-order valence-electron chi connectivity index (χ3n) is 4.31. The van der Waals surface area contributed by atoms with Gasteiger partial charge in [-0.25, -0.2) is 8.42 Å².